The number of aromatic nitrogens is 3. The molecule has 0 atom stereocenters. The smallest absolute Gasteiger partial charge is 0.183 e. The molecule has 2 aromatic rings. The third kappa shape index (κ3) is 2.60. The van der Waals surface area contributed by atoms with Crippen LogP contribution in [0.1, 0.15) is 11.1 Å². The summed E-state index contributed by atoms with van der Waals surface area (Å²) in [5.74, 6) is 0.905. The number of hydrogen-bond donors (Lipinski definition) is 3. The Bertz CT molecular complexity index is 462. The summed E-state index contributed by atoms with van der Waals surface area (Å²) in [6.07, 6.45) is 1.49. The first-order valence-corrected chi connectivity index (χ1v) is 5.66. The van der Waals surface area contributed by atoms with E-state index >= 15 is 0 Å². The Balaban J connectivity index is 1.98. The molecule has 0 aliphatic heterocycles. The van der Waals surface area contributed by atoms with Gasteiger partial charge in [-0.2, -0.15) is 5.10 Å². The number of hydrogen-bond acceptors (Lipinski definition) is 4. The minimum atomic E-state index is 0.0921. The Kier molecular flexibility index (Phi) is 3.21. The summed E-state index contributed by atoms with van der Waals surface area (Å²) in [5, 5.41) is 14.6. The van der Waals surface area contributed by atoms with Crippen LogP contribution in [-0.2, 0) is 5.75 Å². The highest BCUT2D eigenvalue weighted by atomic mass is 32.2. The minimum absolute atomic E-state index is 0.0921. The number of H-pyrrole nitrogens is 1. The molecular formula is C10H11N5S. The second kappa shape index (κ2) is 4.80. The van der Waals surface area contributed by atoms with E-state index in [4.69, 9.17) is 11.1 Å². The van der Waals surface area contributed by atoms with Gasteiger partial charge in [0.1, 0.15) is 12.2 Å². The number of nitrogens with zero attached hydrogens (tertiary/aromatic N) is 2. The summed E-state index contributed by atoms with van der Waals surface area (Å²) in [5.41, 5.74) is 7.27. The first-order chi connectivity index (χ1) is 7.75. The van der Waals surface area contributed by atoms with Gasteiger partial charge in [-0.15, -0.1) is 0 Å². The minimum Gasteiger partial charge on any atom is -0.384 e. The number of amidine groups is 1. The fourth-order valence-electron chi connectivity index (χ4n) is 1.20. The van der Waals surface area contributed by atoms with Crippen molar-refractivity contribution in [2.75, 3.05) is 0 Å². The van der Waals surface area contributed by atoms with E-state index in [1.807, 2.05) is 24.3 Å². The SMILES string of the molecule is N=C(N)c1ccc(CSc2ncn[nH]2)cc1. The molecule has 0 spiro atoms. The number of aromatic amines is 1. The Labute approximate surface area is 97.0 Å². The molecule has 82 valence electrons. The van der Waals surface area contributed by atoms with Crippen molar-refractivity contribution in [2.24, 2.45) is 5.73 Å². The van der Waals surface area contributed by atoms with Crippen LogP contribution < -0.4 is 5.73 Å². The highest BCUT2D eigenvalue weighted by Gasteiger charge is 2.00. The van der Waals surface area contributed by atoms with Gasteiger partial charge >= 0.3 is 0 Å². The lowest BCUT2D eigenvalue weighted by Gasteiger charge is -2.01. The molecule has 5 nitrogen and oxygen atoms in total. The van der Waals surface area contributed by atoms with Crippen molar-refractivity contribution >= 4 is 17.6 Å². The molecule has 2 rings (SSSR count). The molecule has 0 radical (unpaired) electrons. The summed E-state index contributed by atoms with van der Waals surface area (Å²) in [4.78, 5) is 4.02. The van der Waals surface area contributed by atoms with Crippen molar-refractivity contribution in [1.82, 2.24) is 15.2 Å². The average Bonchev–Trinajstić information content (AvgIpc) is 2.80. The summed E-state index contributed by atoms with van der Waals surface area (Å²) in [6, 6.07) is 7.61. The lowest BCUT2D eigenvalue weighted by molar-refractivity contribution is 0.973. The quantitative estimate of drug-likeness (QED) is 0.422. The van der Waals surface area contributed by atoms with E-state index in [9.17, 15) is 0 Å². The third-order valence-corrected chi connectivity index (χ3v) is 2.98. The molecule has 0 fully saturated rings. The van der Waals surface area contributed by atoms with Gasteiger partial charge in [-0.1, -0.05) is 36.0 Å². The number of nitrogens with one attached hydrogen (secondary N) is 2. The van der Waals surface area contributed by atoms with Crippen LogP contribution in [0.4, 0.5) is 0 Å². The highest BCUT2D eigenvalue weighted by Crippen LogP contribution is 2.18. The van der Waals surface area contributed by atoms with Gasteiger partial charge in [-0.05, 0) is 5.56 Å². The molecule has 0 bridgehead atoms. The van der Waals surface area contributed by atoms with E-state index in [0.29, 0.717) is 0 Å². The van der Waals surface area contributed by atoms with Gasteiger partial charge in [0, 0.05) is 11.3 Å². The van der Waals surface area contributed by atoms with Gasteiger partial charge in [0.15, 0.2) is 5.16 Å². The molecule has 0 saturated heterocycles. The molecule has 4 N–H and O–H groups in total. The fourth-order valence-corrected chi connectivity index (χ4v) is 1.93. The van der Waals surface area contributed by atoms with Crippen molar-refractivity contribution < 1.29 is 0 Å². The van der Waals surface area contributed by atoms with Crippen molar-refractivity contribution in [3.63, 3.8) is 0 Å². The van der Waals surface area contributed by atoms with Crippen LogP contribution in [0.3, 0.4) is 0 Å². The molecule has 0 aliphatic rings. The summed E-state index contributed by atoms with van der Waals surface area (Å²) < 4.78 is 0. The van der Waals surface area contributed by atoms with Crippen LogP contribution in [0.2, 0.25) is 0 Å². The van der Waals surface area contributed by atoms with E-state index in [0.717, 1.165) is 22.0 Å². The van der Waals surface area contributed by atoms with E-state index < -0.39 is 0 Å². The monoisotopic (exact) mass is 233 g/mol. The van der Waals surface area contributed by atoms with Gasteiger partial charge in [-0.3, -0.25) is 10.5 Å². The number of rotatable bonds is 4. The Morgan fingerprint density at radius 1 is 1.38 bits per heavy atom. The number of nitrogen functional groups attached to an aromatic ring is 1. The predicted octanol–water partition coefficient (Wildman–Crippen LogP) is 1.38. The summed E-state index contributed by atoms with van der Waals surface area (Å²) in [6.45, 7) is 0. The topological polar surface area (TPSA) is 91.4 Å². The Morgan fingerprint density at radius 2 is 2.12 bits per heavy atom. The van der Waals surface area contributed by atoms with Gasteiger partial charge in [0.2, 0.25) is 0 Å². The molecule has 16 heavy (non-hydrogen) atoms. The van der Waals surface area contributed by atoms with Crippen LogP contribution in [0.25, 0.3) is 0 Å². The zero-order valence-corrected chi connectivity index (χ0v) is 9.29. The van der Waals surface area contributed by atoms with Crippen molar-refractivity contribution in [3.05, 3.63) is 41.7 Å². The zero-order chi connectivity index (χ0) is 11.4. The zero-order valence-electron chi connectivity index (χ0n) is 8.47. The van der Waals surface area contributed by atoms with Crippen LogP contribution >= 0.6 is 11.8 Å². The Hall–Kier alpha value is -1.82. The van der Waals surface area contributed by atoms with Crippen molar-refractivity contribution in [2.45, 2.75) is 10.9 Å². The number of thioether (sulfide) groups is 1. The van der Waals surface area contributed by atoms with Crippen LogP contribution in [-0.4, -0.2) is 21.0 Å². The van der Waals surface area contributed by atoms with Crippen LogP contribution in [0, 0.1) is 5.41 Å². The van der Waals surface area contributed by atoms with Gasteiger partial charge in [0.05, 0.1) is 0 Å². The first-order valence-electron chi connectivity index (χ1n) is 4.67. The fraction of sp³-hybridized carbons (Fsp3) is 0.100. The molecule has 0 saturated carbocycles. The maximum atomic E-state index is 7.27. The van der Waals surface area contributed by atoms with Gasteiger partial charge in [-0.25, -0.2) is 4.98 Å². The Morgan fingerprint density at radius 3 is 2.69 bits per heavy atom. The lowest BCUT2D eigenvalue weighted by Crippen LogP contribution is -2.10. The molecule has 1 aromatic heterocycles. The van der Waals surface area contributed by atoms with Gasteiger partial charge < -0.3 is 5.73 Å². The molecule has 0 aliphatic carbocycles. The largest absolute Gasteiger partial charge is 0.384 e. The van der Waals surface area contributed by atoms with Crippen LogP contribution in [0.15, 0.2) is 35.7 Å². The van der Waals surface area contributed by atoms with E-state index in [1.54, 1.807) is 11.8 Å². The highest BCUT2D eigenvalue weighted by molar-refractivity contribution is 7.98. The van der Waals surface area contributed by atoms with Crippen LogP contribution in [0.5, 0.6) is 0 Å². The van der Waals surface area contributed by atoms with Crippen molar-refractivity contribution in [1.29, 1.82) is 5.41 Å². The molecule has 6 heteroatoms. The van der Waals surface area contributed by atoms with E-state index in [1.165, 1.54) is 6.33 Å². The van der Waals surface area contributed by atoms with E-state index in [2.05, 4.69) is 15.2 Å². The van der Waals surface area contributed by atoms with Crippen molar-refractivity contribution in [3.8, 4) is 0 Å². The molecular weight excluding hydrogens is 222 g/mol. The third-order valence-electron chi connectivity index (χ3n) is 2.03. The molecule has 0 unspecified atom stereocenters. The lowest BCUT2D eigenvalue weighted by atomic mass is 10.1. The molecule has 1 heterocycles. The normalized spacial score (nSPS) is 10.2. The van der Waals surface area contributed by atoms with E-state index in [-0.39, 0.29) is 5.84 Å². The number of nitrogens with two attached hydrogens (primary N) is 1. The molecule has 1 aromatic carbocycles. The standard InChI is InChI=1S/C10H11N5S/c11-9(12)8-3-1-7(2-4-8)5-16-10-13-6-14-15-10/h1-4,6H,5H2,(H3,11,12)(H,13,14,15). The molecule has 0 amide bonds. The number of benzene rings is 1. The first kappa shape index (κ1) is 10.7. The predicted molar refractivity (Wildman–Crippen MR) is 63.4 cm³/mol. The summed E-state index contributed by atoms with van der Waals surface area (Å²) >= 11 is 1.58. The summed E-state index contributed by atoms with van der Waals surface area (Å²) in [7, 11) is 0. The van der Waals surface area contributed by atoms with Gasteiger partial charge in [0.25, 0.3) is 0 Å². The second-order valence-corrected chi connectivity index (χ2v) is 4.15. The maximum Gasteiger partial charge on any atom is 0.183 e. The second-order valence-electron chi connectivity index (χ2n) is 3.19. The maximum absolute atomic E-state index is 7.27. The average molecular weight is 233 g/mol.